The number of aromatic nitrogens is 3. The zero-order valence-corrected chi connectivity index (χ0v) is 16.1. The molecule has 0 saturated heterocycles. The number of furan rings is 2. The predicted molar refractivity (Wildman–Crippen MR) is 106 cm³/mol. The number of anilines is 1. The van der Waals surface area contributed by atoms with E-state index in [-0.39, 0.29) is 11.7 Å². The average Bonchev–Trinajstić information content (AvgIpc) is 3.43. The molecule has 0 bridgehead atoms. The molecular formula is C19H15ClN4O3S. The van der Waals surface area contributed by atoms with Gasteiger partial charge in [-0.2, -0.15) is 0 Å². The molecule has 0 atom stereocenters. The molecule has 0 unspecified atom stereocenters. The number of halogens is 1. The van der Waals surface area contributed by atoms with Crippen LogP contribution in [0.3, 0.4) is 0 Å². The summed E-state index contributed by atoms with van der Waals surface area (Å²) in [6.45, 7) is 0.425. The number of thioether (sulfide) groups is 1. The van der Waals surface area contributed by atoms with Gasteiger partial charge in [0.15, 0.2) is 10.9 Å². The summed E-state index contributed by atoms with van der Waals surface area (Å²) >= 11 is 7.22. The van der Waals surface area contributed by atoms with Crippen molar-refractivity contribution in [2.75, 3.05) is 11.1 Å². The van der Waals surface area contributed by atoms with Gasteiger partial charge in [-0.1, -0.05) is 29.4 Å². The summed E-state index contributed by atoms with van der Waals surface area (Å²) in [5.74, 6) is 1.91. The van der Waals surface area contributed by atoms with Crippen molar-refractivity contribution in [2.24, 2.45) is 0 Å². The van der Waals surface area contributed by atoms with Crippen LogP contribution in [0.25, 0.3) is 11.6 Å². The normalized spacial score (nSPS) is 10.9. The van der Waals surface area contributed by atoms with Crippen LogP contribution in [0.1, 0.15) is 5.76 Å². The molecule has 0 spiro atoms. The van der Waals surface area contributed by atoms with Crippen molar-refractivity contribution in [2.45, 2.75) is 11.7 Å². The molecule has 1 amide bonds. The number of hydrogen-bond donors (Lipinski definition) is 1. The Balaban J connectivity index is 1.50. The minimum absolute atomic E-state index is 0.167. The Morgan fingerprint density at radius 3 is 2.71 bits per heavy atom. The van der Waals surface area contributed by atoms with E-state index in [0.29, 0.717) is 34.0 Å². The van der Waals surface area contributed by atoms with E-state index in [2.05, 4.69) is 15.5 Å². The molecule has 9 heteroatoms. The van der Waals surface area contributed by atoms with Crippen molar-refractivity contribution in [3.05, 3.63) is 71.8 Å². The van der Waals surface area contributed by atoms with Crippen molar-refractivity contribution in [3.63, 3.8) is 0 Å². The second-order valence-corrected chi connectivity index (χ2v) is 7.18. The summed E-state index contributed by atoms with van der Waals surface area (Å²) < 4.78 is 12.8. The van der Waals surface area contributed by atoms with Crippen LogP contribution in [-0.4, -0.2) is 26.4 Å². The number of benzene rings is 1. The zero-order valence-electron chi connectivity index (χ0n) is 14.5. The lowest BCUT2D eigenvalue weighted by atomic mass is 10.3. The van der Waals surface area contributed by atoms with E-state index in [1.165, 1.54) is 11.8 Å². The fourth-order valence-corrected chi connectivity index (χ4v) is 3.51. The zero-order chi connectivity index (χ0) is 19.3. The standard InChI is InChI=1S/C19H15ClN4O3S/c20-13-4-1-5-14(10-13)21-17(25)12-28-19-23-22-18(16-7-3-9-27-16)24(19)11-15-6-2-8-26-15/h1-10H,11-12H2,(H,21,25). The van der Waals surface area contributed by atoms with Crippen molar-refractivity contribution < 1.29 is 13.6 Å². The maximum atomic E-state index is 12.3. The number of carbonyl (C=O) groups excluding carboxylic acids is 1. The van der Waals surface area contributed by atoms with Crippen LogP contribution in [-0.2, 0) is 11.3 Å². The molecule has 0 aliphatic carbocycles. The van der Waals surface area contributed by atoms with E-state index in [1.807, 2.05) is 22.8 Å². The third kappa shape index (κ3) is 4.29. The highest BCUT2D eigenvalue weighted by Crippen LogP contribution is 2.26. The van der Waals surface area contributed by atoms with E-state index in [4.69, 9.17) is 20.4 Å². The monoisotopic (exact) mass is 414 g/mol. The molecule has 0 aliphatic rings. The Bertz CT molecular complexity index is 1060. The first-order valence-corrected chi connectivity index (χ1v) is 9.73. The number of amides is 1. The molecule has 0 saturated carbocycles. The molecule has 0 fully saturated rings. The average molecular weight is 415 g/mol. The fourth-order valence-electron chi connectivity index (χ4n) is 2.58. The number of nitrogens with one attached hydrogen (secondary N) is 1. The Hall–Kier alpha value is -2.97. The molecule has 7 nitrogen and oxygen atoms in total. The molecule has 4 aromatic rings. The van der Waals surface area contributed by atoms with Gasteiger partial charge in [0.05, 0.1) is 24.8 Å². The van der Waals surface area contributed by atoms with Gasteiger partial charge in [-0.25, -0.2) is 0 Å². The van der Waals surface area contributed by atoms with E-state index in [1.54, 1.807) is 42.9 Å². The van der Waals surface area contributed by atoms with Gasteiger partial charge in [0.25, 0.3) is 0 Å². The minimum Gasteiger partial charge on any atom is -0.467 e. The van der Waals surface area contributed by atoms with Gasteiger partial charge >= 0.3 is 0 Å². The van der Waals surface area contributed by atoms with Crippen molar-refractivity contribution in [1.29, 1.82) is 0 Å². The highest BCUT2D eigenvalue weighted by molar-refractivity contribution is 7.99. The largest absolute Gasteiger partial charge is 0.467 e. The molecule has 28 heavy (non-hydrogen) atoms. The van der Waals surface area contributed by atoms with Crippen LogP contribution < -0.4 is 5.32 Å². The van der Waals surface area contributed by atoms with E-state index in [9.17, 15) is 4.79 Å². The molecule has 3 aromatic heterocycles. The summed E-state index contributed by atoms with van der Waals surface area (Å²) in [5, 5.41) is 12.4. The number of hydrogen-bond acceptors (Lipinski definition) is 6. The lowest BCUT2D eigenvalue weighted by Crippen LogP contribution is -2.14. The summed E-state index contributed by atoms with van der Waals surface area (Å²) in [5.41, 5.74) is 0.645. The van der Waals surface area contributed by atoms with Crippen LogP contribution in [0, 0.1) is 0 Å². The van der Waals surface area contributed by atoms with Crippen LogP contribution in [0.15, 0.2) is 75.0 Å². The SMILES string of the molecule is O=C(CSc1nnc(-c2ccco2)n1Cc1ccco1)Nc1cccc(Cl)c1. The topological polar surface area (TPSA) is 86.1 Å². The molecule has 0 radical (unpaired) electrons. The van der Waals surface area contributed by atoms with Crippen molar-refractivity contribution in [3.8, 4) is 11.6 Å². The number of rotatable bonds is 7. The second-order valence-electron chi connectivity index (χ2n) is 5.80. The van der Waals surface area contributed by atoms with E-state index in [0.717, 1.165) is 5.76 Å². The first kappa shape index (κ1) is 18.4. The molecular weight excluding hydrogens is 400 g/mol. The first-order valence-electron chi connectivity index (χ1n) is 8.37. The molecule has 1 aromatic carbocycles. The van der Waals surface area contributed by atoms with E-state index < -0.39 is 0 Å². The molecule has 4 rings (SSSR count). The van der Waals surface area contributed by atoms with Crippen LogP contribution in [0.4, 0.5) is 5.69 Å². The molecule has 1 N–H and O–H groups in total. The lowest BCUT2D eigenvalue weighted by molar-refractivity contribution is -0.113. The highest BCUT2D eigenvalue weighted by atomic mass is 35.5. The van der Waals surface area contributed by atoms with Crippen LogP contribution >= 0.6 is 23.4 Å². The molecule has 142 valence electrons. The Morgan fingerprint density at radius 1 is 1.11 bits per heavy atom. The summed E-state index contributed by atoms with van der Waals surface area (Å²) in [4.78, 5) is 12.3. The Morgan fingerprint density at radius 2 is 1.96 bits per heavy atom. The van der Waals surface area contributed by atoms with Gasteiger partial charge in [-0.15, -0.1) is 10.2 Å². The third-order valence-electron chi connectivity index (χ3n) is 3.79. The number of carbonyl (C=O) groups is 1. The van der Waals surface area contributed by atoms with Gasteiger partial charge in [0, 0.05) is 10.7 Å². The summed E-state index contributed by atoms with van der Waals surface area (Å²) in [6.07, 6.45) is 3.18. The van der Waals surface area contributed by atoms with Crippen molar-refractivity contribution >= 4 is 35.0 Å². The summed E-state index contributed by atoms with van der Waals surface area (Å²) in [6, 6.07) is 14.3. The van der Waals surface area contributed by atoms with Gasteiger partial charge in [-0.05, 0) is 42.5 Å². The van der Waals surface area contributed by atoms with Gasteiger partial charge in [0.1, 0.15) is 5.76 Å². The minimum atomic E-state index is -0.167. The number of nitrogens with zero attached hydrogens (tertiary/aromatic N) is 3. The quantitative estimate of drug-likeness (QED) is 0.446. The van der Waals surface area contributed by atoms with Crippen LogP contribution in [0.2, 0.25) is 5.02 Å². The van der Waals surface area contributed by atoms with Gasteiger partial charge < -0.3 is 14.2 Å². The molecule has 0 aliphatic heterocycles. The van der Waals surface area contributed by atoms with Gasteiger partial charge in [-0.3, -0.25) is 9.36 Å². The smallest absolute Gasteiger partial charge is 0.234 e. The summed E-state index contributed by atoms with van der Waals surface area (Å²) in [7, 11) is 0. The third-order valence-corrected chi connectivity index (χ3v) is 5.00. The van der Waals surface area contributed by atoms with Crippen molar-refractivity contribution in [1.82, 2.24) is 14.8 Å². The molecule has 3 heterocycles. The fraction of sp³-hybridized carbons (Fsp3) is 0.105. The lowest BCUT2D eigenvalue weighted by Gasteiger charge is -2.08. The highest BCUT2D eigenvalue weighted by Gasteiger charge is 2.18. The first-order chi connectivity index (χ1) is 13.7. The second kappa shape index (κ2) is 8.37. The van der Waals surface area contributed by atoms with E-state index >= 15 is 0 Å². The van der Waals surface area contributed by atoms with Gasteiger partial charge in [0.2, 0.25) is 11.7 Å². The van der Waals surface area contributed by atoms with Crippen LogP contribution in [0.5, 0.6) is 0 Å². The maximum Gasteiger partial charge on any atom is 0.234 e. The Kier molecular flexibility index (Phi) is 5.50. The predicted octanol–water partition coefficient (Wildman–Crippen LogP) is 4.56. The Labute approximate surface area is 169 Å². The maximum absolute atomic E-state index is 12.3.